The number of piperidine rings is 1. The van der Waals surface area contributed by atoms with E-state index >= 15 is 0 Å². The number of carbonyl (C=O) groups is 1. The highest BCUT2D eigenvalue weighted by Gasteiger charge is 2.24. The average Bonchev–Trinajstić information content (AvgIpc) is 2.72. The molecule has 0 bridgehead atoms. The van der Waals surface area contributed by atoms with Gasteiger partial charge in [-0.1, -0.05) is 25.1 Å². The first-order chi connectivity index (χ1) is 13.5. The predicted molar refractivity (Wildman–Crippen MR) is 108 cm³/mol. The molecular weight excluding hydrogens is 358 g/mol. The Bertz CT molecular complexity index is 860. The molecule has 0 aliphatic carbocycles. The van der Waals surface area contributed by atoms with E-state index in [2.05, 4.69) is 12.2 Å². The van der Waals surface area contributed by atoms with Crippen molar-refractivity contribution in [3.05, 3.63) is 63.7 Å². The number of hydrogen-bond donors (Lipinski definition) is 1. The highest BCUT2D eigenvalue weighted by atomic mass is 16.6. The standard InChI is InChI=1S/C21H25N3O4/c1-15-9-11-23(12-10-15)18-8-7-16(13-19(18)24(26)27)21(25)22-14-17-5-3-4-6-20(17)28-2/h3-8,13,15H,9-12,14H2,1-2H3,(H,22,25). The molecule has 1 N–H and O–H groups in total. The highest BCUT2D eigenvalue weighted by molar-refractivity contribution is 5.95. The first-order valence-electron chi connectivity index (χ1n) is 9.43. The summed E-state index contributed by atoms with van der Waals surface area (Å²) in [5.41, 5.74) is 1.67. The van der Waals surface area contributed by atoms with Crippen molar-refractivity contribution in [2.45, 2.75) is 26.3 Å². The lowest BCUT2D eigenvalue weighted by Gasteiger charge is -2.31. The molecule has 1 aliphatic rings. The highest BCUT2D eigenvalue weighted by Crippen LogP contribution is 2.32. The topological polar surface area (TPSA) is 84.7 Å². The summed E-state index contributed by atoms with van der Waals surface area (Å²) in [6.07, 6.45) is 2.02. The fourth-order valence-corrected chi connectivity index (χ4v) is 3.45. The predicted octanol–water partition coefficient (Wildman–Crippen LogP) is 3.77. The van der Waals surface area contributed by atoms with Crippen molar-refractivity contribution < 1.29 is 14.5 Å². The average molecular weight is 383 g/mol. The zero-order valence-corrected chi connectivity index (χ0v) is 16.2. The van der Waals surface area contributed by atoms with E-state index in [0.29, 0.717) is 17.4 Å². The number of anilines is 1. The van der Waals surface area contributed by atoms with Gasteiger partial charge in [0.1, 0.15) is 11.4 Å². The van der Waals surface area contributed by atoms with Crippen LogP contribution in [0.1, 0.15) is 35.7 Å². The number of carbonyl (C=O) groups excluding carboxylic acids is 1. The lowest BCUT2D eigenvalue weighted by atomic mass is 9.98. The van der Waals surface area contributed by atoms with Gasteiger partial charge in [0, 0.05) is 36.8 Å². The van der Waals surface area contributed by atoms with Crippen molar-refractivity contribution in [2.24, 2.45) is 5.92 Å². The minimum Gasteiger partial charge on any atom is -0.496 e. The Balaban J connectivity index is 1.75. The van der Waals surface area contributed by atoms with Gasteiger partial charge < -0.3 is 15.0 Å². The van der Waals surface area contributed by atoms with E-state index in [4.69, 9.17) is 4.74 Å². The zero-order chi connectivity index (χ0) is 20.1. The van der Waals surface area contributed by atoms with Crippen LogP contribution in [0.3, 0.4) is 0 Å². The second-order valence-electron chi connectivity index (χ2n) is 7.12. The van der Waals surface area contributed by atoms with E-state index in [0.717, 1.165) is 31.5 Å². The molecule has 1 aliphatic heterocycles. The van der Waals surface area contributed by atoms with Crippen molar-refractivity contribution in [3.63, 3.8) is 0 Å². The normalized spacial score (nSPS) is 14.6. The number of ether oxygens (including phenoxy) is 1. The molecule has 28 heavy (non-hydrogen) atoms. The third kappa shape index (κ3) is 4.42. The van der Waals surface area contributed by atoms with Crippen LogP contribution in [0.5, 0.6) is 5.75 Å². The first-order valence-corrected chi connectivity index (χ1v) is 9.43. The number of hydrogen-bond acceptors (Lipinski definition) is 5. The van der Waals surface area contributed by atoms with Gasteiger partial charge in [-0.05, 0) is 37.0 Å². The number of nitrogens with zero attached hydrogens (tertiary/aromatic N) is 2. The minimum atomic E-state index is -0.412. The number of benzene rings is 2. The third-order valence-corrected chi connectivity index (χ3v) is 5.19. The summed E-state index contributed by atoms with van der Waals surface area (Å²) in [5.74, 6) is 0.964. The van der Waals surface area contributed by atoms with Crippen LogP contribution in [0.15, 0.2) is 42.5 Å². The van der Waals surface area contributed by atoms with E-state index < -0.39 is 4.92 Å². The van der Waals surface area contributed by atoms with Crippen molar-refractivity contribution in [2.75, 3.05) is 25.1 Å². The Morgan fingerprint density at radius 2 is 1.96 bits per heavy atom. The van der Waals surface area contributed by atoms with Crippen LogP contribution in [0.4, 0.5) is 11.4 Å². The SMILES string of the molecule is COc1ccccc1CNC(=O)c1ccc(N2CCC(C)CC2)c([N+](=O)[O-])c1. The number of nitro groups is 1. The Morgan fingerprint density at radius 1 is 1.25 bits per heavy atom. The molecule has 0 radical (unpaired) electrons. The van der Waals surface area contributed by atoms with Gasteiger partial charge >= 0.3 is 0 Å². The molecule has 0 atom stereocenters. The van der Waals surface area contributed by atoms with Gasteiger partial charge in [0.05, 0.1) is 12.0 Å². The van der Waals surface area contributed by atoms with E-state index in [1.54, 1.807) is 19.2 Å². The summed E-state index contributed by atoms with van der Waals surface area (Å²) < 4.78 is 5.28. The Hall–Kier alpha value is -3.09. The molecule has 1 heterocycles. The van der Waals surface area contributed by atoms with Crippen LogP contribution < -0.4 is 15.0 Å². The molecule has 0 spiro atoms. The fraction of sp³-hybridized carbons (Fsp3) is 0.381. The quantitative estimate of drug-likeness (QED) is 0.606. The molecule has 1 amide bonds. The number of nitrogens with one attached hydrogen (secondary N) is 1. The van der Waals surface area contributed by atoms with Crippen LogP contribution in [0.2, 0.25) is 0 Å². The van der Waals surface area contributed by atoms with E-state index in [9.17, 15) is 14.9 Å². The molecule has 148 valence electrons. The van der Waals surface area contributed by atoms with Crippen LogP contribution in [0, 0.1) is 16.0 Å². The molecule has 1 fully saturated rings. The minimum absolute atomic E-state index is 0.0282. The van der Waals surface area contributed by atoms with Gasteiger partial charge in [0.15, 0.2) is 0 Å². The third-order valence-electron chi connectivity index (χ3n) is 5.19. The van der Waals surface area contributed by atoms with Crippen molar-refractivity contribution >= 4 is 17.3 Å². The maximum Gasteiger partial charge on any atom is 0.293 e. The summed E-state index contributed by atoms with van der Waals surface area (Å²) in [7, 11) is 1.57. The Kier molecular flexibility index (Phi) is 6.13. The van der Waals surface area contributed by atoms with Gasteiger partial charge in [-0.3, -0.25) is 14.9 Å². The van der Waals surface area contributed by atoms with Gasteiger partial charge in [0.25, 0.3) is 11.6 Å². The molecule has 2 aromatic carbocycles. The second-order valence-corrected chi connectivity index (χ2v) is 7.12. The Labute approximate surface area is 164 Å². The van der Waals surface area contributed by atoms with Gasteiger partial charge in [-0.15, -0.1) is 0 Å². The Morgan fingerprint density at radius 3 is 2.64 bits per heavy atom. The molecule has 3 rings (SSSR count). The van der Waals surface area contributed by atoms with E-state index in [1.807, 2.05) is 29.2 Å². The maximum atomic E-state index is 12.5. The molecule has 0 saturated carbocycles. The summed E-state index contributed by atoms with van der Waals surface area (Å²) in [6, 6.07) is 12.1. The molecule has 0 aromatic heterocycles. The van der Waals surface area contributed by atoms with Crippen LogP contribution in [0.25, 0.3) is 0 Å². The molecule has 1 saturated heterocycles. The molecule has 7 heteroatoms. The summed E-state index contributed by atoms with van der Waals surface area (Å²) in [6.45, 7) is 4.06. The molecule has 0 unspecified atom stereocenters. The second kappa shape index (κ2) is 8.73. The lowest BCUT2D eigenvalue weighted by Crippen LogP contribution is -2.33. The van der Waals surface area contributed by atoms with Crippen LogP contribution in [-0.2, 0) is 6.54 Å². The van der Waals surface area contributed by atoms with Gasteiger partial charge in [0.2, 0.25) is 0 Å². The monoisotopic (exact) mass is 383 g/mol. The number of para-hydroxylation sites is 1. The zero-order valence-electron chi connectivity index (χ0n) is 16.2. The summed E-state index contributed by atoms with van der Waals surface area (Å²) in [5, 5.41) is 14.4. The first kappa shape index (κ1) is 19.7. The van der Waals surface area contributed by atoms with Crippen molar-refractivity contribution in [1.29, 1.82) is 0 Å². The largest absolute Gasteiger partial charge is 0.496 e. The number of methoxy groups -OCH3 is 1. The van der Waals surface area contributed by atoms with Crippen molar-refractivity contribution in [1.82, 2.24) is 5.32 Å². The number of rotatable bonds is 6. The molecule has 7 nitrogen and oxygen atoms in total. The molecular formula is C21H25N3O4. The van der Waals surface area contributed by atoms with Crippen LogP contribution in [-0.4, -0.2) is 31.0 Å². The number of amides is 1. The summed E-state index contributed by atoms with van der Waals surface area (Å²) >= 11 is 0. The smallest absolute Gasteiger partial charge is 0.293 e. The van der Waals surface area contributed by atoms with Crippen LogP contribution >= 0.6 is 0 Å². The van der Waals surface area contributed by atoms with Gasteiger partial charge in [-0.25, -0.2) is 0 Å². The fourth-order valence-electron chi connectivity index (χ4n) is 3.45. The van der Waals surface area contributed by atoms with Gasteiger partial charge in [-0.2, -0.15) is 0 Å². The lowest BCUT2D eigenvalue weighted by molar-refractivity contribution is -0.384. The van der Waals surface area contributed by atoms with E-state index in [-0.39, 0.29) is 23.7 Å². The number of nitro benzene ring substituents is 1. The molecule has 2 aromatic rings. The summed E-state index contributed by atoms with van der Waals surface area (Å²) in [4.78, 5) is 25.8. The van der Waals surface area contributed by atoms with E-state index in [1.165, 1.54) is 6.07 Å². The maximum absolute atomic E-state index is 12.5. The van der Waals surface area contributed by atoms with Crippen molar-refractivity contribution in [3.8, 4) is 5.75 Å².